The molecule has 0 bridgehead atoms. The predicted molar refractivity (Wildman–Crippen MR) is 61.7 cm³/mol. The summed E-state index contributed by atoms with van der Waals surface area (Å²) in [5.41, 5.74) is -0.255. The van der Waals surface area contributed by atoms with Gasteiger partial charge < -0.3 is 9.90 Å². The van der Waals surface area contributed by atoms with Gasteiger partial charge in [-0.05, 0) is 25.7 Å². The molecule has 0 spiro atoms. The molecule has 0 saturated heterocycles. The van der Waals surface area contributed by atoms with Gasteiger partial charge in [0.25, 0.3) is 0 Å². The lowest BCUT2D eigenvalue weighted by molar-refractivity contribution is -0.123. The van der Waals surface area contributed by atoms with Gasteiger partial charge in [-0.25, -0.2) is 0 Å². The Balaban J connectivity index is 2.74. The molecular weight excluding hydrogens is 188 g/mol. The molecule has 1 rings (SSSR count). The Hall–Kier alpha value is -0.370. The summed E-state index contributed by atoms with van der Waals surface area (Å²) in [6, 6.07) is 0. The van der Waals surface area contributed by atoms with Gasteiger partial charge in [0.05, 0.1) is 6.10 Å². The predicted octanol–water partition coefficient (Wildman–Crippen LogP) is 2.93. The van der Waals surface area contributed by atoms with Crippen LogP contribution in [0.3, 0.4) is 0 Å². The summed E-state index contributed by atoms with van der Waals surface area (Å²) < 4.78 is 0. The highest BCUT2D eigenvalue weighted by Gasteiger charge is 2.37. The minimum atomic E-state index is -0.380. The van der Waals surface area contributed by atoms with E-state index in [-0.39, 0.29) is 17.4 Å². The van der Waals surface area contributed by atoms with E-state index in [4.69, 9.17) is 0 Å². The molecule has 1 saturated carbocycles. The van der Waals surface area contributed by atoms with Gasteiger partial charge in [-0.1, -0.05) is 39.0 Å². The molecule has 88 valence electrons. The van der Waals surface area contributed by atoms with Crippen LogP contribution in [0.1, 0.15) is 58.8 Å². The first-order valence-electron chi connectivity index (χ1n) is 6.27. The molecule has 2 unspecified atom stereocenters. The number of carbonyl (C=O) groups is 1. The Kier molecular flexibility index (Phi) is 4.78. The van der Waals surface area contributed by atoms with Crippen LogP contribution in [0, 0.1) is 11.3 Å². The fourth-order valence-electron chi connectivity index (χ4n) is 2.72. The van der Waals surface area contributed by atoms with Crippen molar-refractivity contribution in [1.82, 2.24) is 0 Å². The van der Waals surface area contributed by atoms with Gasteiger partial charge in [0.1, 0.15) is 6.29 Å². The average molecular weight is 212 g/mol. The Bertz CT molecular complexity index is 191. The van der Waals surface area contributed by atoms with E-state index >= 15 is 0 Å². The van der Waals surface area contributed by atoms with Crippen LogP contribution in [0.2, 0.25) is 0 Å². The van der Waals surface area contributed by atoms with E-state index in [1.807, 2.05) is 6.92 Å². The Morgan fingerprint density at radius 1 is 1.07 bits per heavy atom. The van der Waals surface area contributed by atoms with Gasteiger partial charge in [-0.15, -0.1) is 0 Å². The first-order chi connectivity index (χ1) is 7.12. The third-order valence-electron chi connectivity index (χ3n) is 4.15. The Morgan fingerprint density at radius 3 is 1.93 bits per heavy atom. The van der Waals surface area contributed by atoms with Crippen molar-refractivity contribution in [2.75, 3.05) is 0 Å². The van der Waals surface area contributed by atoms with Crippen molar-refractivity contribution in [3.05, 3.63) is 0 Å². The quantitative estimate of drug-likeness (QED) is 0.730. The maximum Gasteiger partial charge on any atom is 0.126 e. The van der Waals surface area contributed by atoms with Crippen molar-refractivity contribution in [3.8, 4) is 0 Å². The second-order valence-corrected chi connectivity index (χ2v) is 5.15. The second kappa shape index (κ2) is 5.64. The van der Waals surface area contributed by atoms with Crippen LogP contribution in [0.4, 0.5) is 0 Å². The van der Waals surface area contributed by atoms with Gasteiger partial charge >= 0.3 is 0 Å². The molecule has 0 aromatic rings. The number of aliphatic hydroxyl groups is 1. The number of aldehydes is 1. The highest BCUT2D eigenvalue weighted by Crippen LogP contribution is 2.40. The summed E-state index contributed by atoms with van der Waals surface area (Å²) in [6.07, 6.45) is 8.71. The van der Waals surface area contributed by atoms with Crippen LogP contribution in [-0.4, -0.2) is 17.5 Å². The third-order valence-corrected chi connectivity index (χ3v) is 4.15. The molecule has 1 fully saturated rings. The van der Waals surface area contributed by atoms with Crippen LogP contribution >= 0.6 is 0 Å². The molecular formula is C13H24O2. The zero-order valence-corrected chi connectivity index (χ0v) is 10.0. The topological polar surface area (TPSA) is 37.3 Å². The van der Waals surface area contributed by atoms with Crippen LogP contribution in [0.5, 0.6) is 0 Å². The maximum absolute atomic E-state index is 11.4. The molecule has 1 aliphatic carbocycles. The van der Waals surface area contributed by atoms with E-state index < -0.39 is 0 Å². The van der Waals surface area contributed by atoms with Gasteiger partial charge in [0, 0.05) is 5.41 Å². The summed E-state index contributed by atoms with van der Waals surface area (Å²) in [5.74, 6) is 0.0908. The number of aliphatic hydroxyl groups excluding tert-OH is 1. The Morgan fingerprint density at radius 2 is 1.53 bits per heavy atom. The number of hydrogen-bond acceptors (Lipinski definition) is 2. The first-order valence-corrected chi connectivity index (χ1v) is 6.27. The highest BCUT2D eigenvalue weighted by molar-refractivity contribution is 5.60. The smallest absolute Gasteiger partial charge is 0.126 e. The third kappa shape index (κ3) is 3.04. The molecule has 0 aliphatic heterocycles. The zero-order valence-electron chi connectivity index (χ0n) is 10.0. The fraction of sp³-hybridized carbons (Fsp3) is 0.923. The van der Waals surface area contributed by atoms with Crippen molar-refractivity contribution >= 4 is 6.29 Å². The van der Waals surface area contributed by atoms with Crippen molar-refractivity contribution < 1.29 is 9.90 Å². The first kappa shape index (κ1) is 12.7. The van der Waals surface area contributed by atoms with Gasteiger partial charge in [0.15, 0.2) is 0 Å². The lowest BCUT2D eigenvalue weighted by atomic mass is 9.67. The van der Waals surface area contributed by atoms with Crippen molar-refractivity contribution in [2.24, 2.45) is 11.3 Å². The van der Waals surface area contributed by atoms with Crippen LogP contribution < -0.4 is 0 Å². The van der Waals surface area contributed by atoms with E-state index in [0.717, 1.165) is 32.0 Å². The summed E-state index contributed by atoms with van der Waals surface area (Å²) >= 11 is 0. The molecule has 0 amide bonds. The van der Waals surface area contributed by atoms with Crippen molar-refractivity contribution in [2.45, 2.75) is 64.9 Å². The van der Waals surface area contributed by atoms with E-state index in [9.17, 15) is 9.90 Å². The average Bonchev–Trinajstić information content (AvgIpc) is 2.17. The van der Waals surface area contributed by atoms with Crippen molar-refractivity contribution in [3.63, 3.8) is 0 Å². The lowest BCUT2D eigenvalue weighted by Gasteiger charge is -2.37. The monoisotopic (exact) mass is 212 g/mol. The maximum atomic E-state index is 11.4. The second-order valence-electron chi connectivity index (χ2n) is 5.15. The molecule has 1 N–H and O–H groups in total. The number of hydrogen-bond donors (Lipinski definition) is 1. The summed E-state index contributed by atoms with van der Waals surface area (Å²) in [6.45, 7) is 3.81. The molecule has 15 heavy (non-hydrogen) atoms. The molecule has 0 aromatic heterocycles. The van der Waals surface area contributed by atoms with E-state index in [0.29, 0.717) is 0 Å². The largest absolute Gasteiger partial charge is 0.393 e. The standard InChI is InChI=1S/C13H24O2/c1-11(12(2)15)13(10-14)8-6-4-3-5-7-9-13/h10-12,15H,3-9H2,1-2H3. The summed E-state index contributed by atoms with van der Waals surface area (Å²) in [4.78, 5) is 11.4. The molecule has 2 atom stereocenters. The van der Waals surface area contributed by atoms with Gasteiger partial charge in [-0.3, -0.25) is 0 Å². The molecule has 0 heterocycles. The Labute approximate surface area is 93.1 Å². The molecule has 0 aromatic carbocycles. The van der Waals surface area contributed by atoms with Crippen LogP contribution in [0.25, 0.3) is 0 Å². The molecule has 2 nitrogen and oxygen atoms in total. The normalized spacial score (nSPS) is 26.1. The summed E-state index contributed by atoms with van der Waals surface area (Å²) in [7, 11) is 0. The SMILES string of the molecule is CC(O)C(C)C1(C=O)CCCCCCC1. The summed E-state index contributed by atoms with van der Waals surface area (Å²) in [5, 5.41) is 9.67. The lowest BCUT2D eigenvalue weighted by Crippen LogP contribution is -2.37. The van der Waals surface area contributed by atoms with Gasteiger partial charge in [-0.2, -0.15) is 0 Å². The fourth-order valence-corrected chi connectivity index (χ4v) is 2.72. The van der Waals surface area contributed by atoms with Crippen LogP contribution in [0.15, 0.2) is 0 Å². The molecule has 0 radical (unpaired) electrons. The van der Waals surface area contributed by atoms with E-state index in [1.165, 1.54) is 19.3 Å². The number of rotatable bonds is 3. The highest BCUT2D eigenvalue weighted by atomic mass is 16.3. The minimum Gasteiger partial charge on any atom is -0.393 e. The van der Waals surface area contributed by atoms with E-state index in [1.54, 1.807) is 6.92 Å². The van der Waals surface area contributed by atoms with Crippen LogP contribution in [-0.2, 0) is 4.79 Å². The molecule has 2 heteroatoms. The number of carbonyl (C=O) groups excluding carboxylic acids is 1. The zero-order chi connectivity index (χ0) is 11.3. The molecule has 1 aliphatic rings. The minimum absolute atomic E-state index is 0.0908. The van der Waals surface area contributed by atoms with E-state index in [2.05, 4.69) is 0 Å². The van der Waals surface area contributed by atoms with Crippen molar-refractivity contribution in [1.29, 1.82) is 0 Å². The van der Waals surface area contributed by atoms with Gasteiger partial charge in [0.2, 0.25) is 0 Å².